The number of allylic oxidation sites excluding steroid dienone is 4. The SMILES string of the molecule is O=C1CC(Oc2nn[nH]c2C(=O)O)=CC=C1C#Cc1ccc(F)cc1. The van der Waals surface area contributed by atoms with Crippen molar-refractivity contribution < 1.29 is 23.8 Å². The number of aromatic carboxylic acids is 1. The van der Waals surface area contributed by atoms with Crippen molar-refractivity contribution in [2.75, 3.05) is 0 Å². The molecule has 2 N–H and O–H groups in total. The summed E-state index contributed by atoms with van der Waals surface area (Å²) in [5, 5.41) is 18.0. The molecule has 0 fully saturated rings. The standard InChI is InChI=1S/C17H10FN3O4/c18-12-6-2-10(3-7-12)1-4-11-5-8-13(9-14(11)22)25-16-15(17(23)24)19-21-20-16/h2-3,5-8H,9H2,(H,23,24)(H,19,20,21). The van der Waals surface area contributed by atoms with Crippen LogP contribution in [0.3, 0.4) is 0 Å². The molecular formula is C17H10FN3O4. The summed E-state index contributed by atoms with van der Waals surface area (Å²) in [6.07, 6.45) is 2.89. The minimum Gasteiger partial charge on any atom is -0.476 e. The van der Waals surface area contributed by atoms with Crippen LogP contribution in [-0.2, 0) is 4.79 Å². The van der Waals surface area contributed by atoms with Crippen LogP contribution in [0.2, 0.25) is 0 Å². The van der Waals surface area contributed by atoms with E-state index in [0.717, 1.165) is 0 Å². The minimum absolute atomic E-state index is 0.0875. The highest BCUT2D eigenvalue weighted by atomic mass is 19.1. The number of ether oxygens (including phenoxy) is 1. The van der Waals surface area contributed by atoms with E-state index in [9.17, 15) is 14.0 Å². The molecule has 1 aliphatic rings. The first-order chi connectivity index (χ1) is 12.0. The average Bonchev–Trinajstić information content (AvgIpc) is 3.04. The number of Topliss-reactive ketones (excluding diaryl/α,β-unsaturated/α-hetero) is 1. The van der Waals surface area contributed by atoms with E-state index in [2.05, 4.69) is 27.3 Å². The molecule has 0 radical (unpaired) electrons. The van der Waals surface area contributed by atoms with Gasteiger partial charge < -0.3 is 9.84 Å². The lowest BCUT2D eigenvalue weighted by Crippen LogP contribution is -2.11. The van der Waals surface area contributed by atoms with Crippen molar-refractivity contribution in [2.45, 2.75) is 6.42 Å². The van der Waals surface area contributed by atoms with Gasteiger partial charge in [0.05, 0.1) is 12.0 Å². The molecule has 0 spiro atoms. The summed E-state index contributed by atoms with van der Waals surface area (Å²) < 4.78 is 18.1. The Labute approximate surface area is 140 Å². The van der Waals surface area contributed by atoms with Gasteiger partial charge in [0, 0.05) is 5.56 Å². The van der Waals surface area contributed by atoms with Crippen LogP contribution in [0.5, 0.6) is 5.88 Å². The zero-order valence-corrected chi connectivity index (χ0v) is 12.6. The molecule has 7 nitrogen and oxygen atoms in total. The van der Waals surface area contributed by atoms with Crippen molar-refractivity contribution in [3.05, 3.63) is 64.8 Å². The van der Waals surface area contributed by atoms with E-state index in [1.807, 2.05) is 0 Å². The fourth-order valence-electron chi connectivity index (χ4n) is 1.99. The first kappa shape index (κ1) is 16.1. The topological polar surface area (TPSA) is 105 Å². The van der Waals surface area contributed by atoms with Crippen LogP contribution >= 0.6 is 0 Å². The van der Waals surface area contributed by atoms with Crippen LogP contribution in [0.1, 0.15) is 22.5 Å². The third kappa shape index (κ3) is 3.79. The molecular weight excluding hydrogens is 329 g/mol. The smallest absolute Gasteiger partial charge is 0.359 e. The Balaban J connectivity index is 1.76. The number of benzene rings is 1. The highest BCUT2D eigenvalue weighted by Gasteiger charge is 2.21. The van der Waals surface area contributed by atoms with E-state index >= 15 is 0 Å². The van der Waals surface area contributed by atoms with Gasteiger partial charge >= 0.3 is 5.97 Å². The molecule has 1 heterocycles. The lowest BCUT2D eigenvalue weighted by molar-refractivity contribution is -0.115. The van der Waals surface area contributed by atoms with Gasteiger partial charge in [0.1, 0.15) is 11.6 Å². The number of nitrogens with one attached hydrogen (secondary N) is 1. The predicted octanol–water partition coefficient (Wildman–Crippen LogP) is 1.86. The second-order valence-electron chi connectivity index (χ2n) is 4.97. The molecule has 1 aliphatic carbocycles. The number of halogens is 1. The number of aromatic nitrogens is 3. The van der Waals surface area contributed by atoms with Gasteiger partial charge in [-0.25, -0.2) is 14.3 Å². The van der Waals surface area contributed by atoms with Gasteiger partial charge in [-0.1, -0.05) is 22.2 Å². The number of carbonyl (C=O) groups is 2. The Morgan fingerprint density at radius 1 is 1.24 bits per heavy atom. The van der Waals surface area contributed by atoms with Crippen LogP contribution in [0.15, 0.2) is 47.7 Å². The first-order valence-electron chi connectivity index (χ1n) is 7.07. The molecule has 124 valence electrons. The summed E-state index contributed by atoms with van der Waals surface area (Å²) in [7, 11) is 0. The summed E-state index contributed by atoms with van der Waals surface area (Å²) in [5.74, 6) is 3.59. The highest BCUT2D eigenvalue weighted by molar-refractivity contribution is 6.02. The van der Waals surface area contributed by atoms with Crippen LogP contribution in [0.25, 0.3) is 0 Å². The van der Waals surface area contributed by atoms with Crippen molar-refractivity contribution >= 4 is 11.8 Å². The Hall–Kier alpha value is -3.73. The van der Waals surface area contributed by atoms with E-state index in [4.69, 9.17) is 9.84 Å². The van der Waals surface area contributed by atoms with Crippen molar-refractivity contribution in [3.63, 3.8) is 0 Å². The predicted molar refractivity (Wildman–Crippen MR) is 83.0 cm³/mol. The number of carboxylic acid groups (broad SMARTS) is 1. The van der Waals surface area contributed by atoms with Crippen LogP contribution in [0.4, 0.5) is 4.39 Å². The maximum atomic E-state index is 12.8. The minimum atomic E-state index is -1.27. The molecule has 8 heteroatoms. The maximum Gasteiger partial charge on any atom is 0.359 e. The second kappa shape index (κ2) is 6.80. The maximum absolute atomic E-state index is 12.8. The van der Waals surface area contributed by atoms with Crippen LogP contribution in [-0.4, -0.2) is 32.3 Å². The van der Waals surface area contributed by atoms with E-state index in [-0.39, 0.29) is 40.9 Å². The third-order valence-corrected chi connectivity index (χ3v) is 3.21. The van der Waals surface area contributed by atoms with Crippen molar-refractivity contribution in [1.82, 2.24) is 15.4 Å². The number of ketones is 1. The Bertz CT molecular complexity index is 962. The third-order valence-electron chi connectivity index (χ3n) is 3.21. The normalized spacial score (nSPS) is 13.4. The number of carbonyl (C=O) groups excluding carboxylic acids is 1. The lowest BCUT2D eigenvalue weighted by Gasteiger charge is -2.10. The van der Waals surface area contributed by atoms with E-state index in [1.54, 1.807) is 0 Å². The summed E-state index contributed by atoms with van der Waals surface area (Å²) in [6, 6.07) is 5.59. The van der Waals surface area contributed by atoms with Crippen molar-refractivity contribution in [2.24, 2.45) is 0 Å². The molecule has 0 amide bonds. The molecule has 1 aromatic heterocycles. The zero-order valence-electron chi connectivity index (χ0n) is 12.6. The summed E-state index contributed by atoms with van der Waals surface area (Å²) in [6.45, 7) is 0. The number of hydrogen-bond acceptors (Lipinski definition) is 5. The Kier molecular flexibility index (Phi) is 4.39. The molecule has 0 bridgehead atoms. The molecule has 0 saturated carbocycles. The van der Waals surface area contributed by atoms with Gasteiger partial charge in [-0.05, 0) is 36.4 Å². The Morgan fingerprint density at radius 2 is 2.00 bits per heavy atom. The number of hydrogen-bond donors (Lipinski definition) is 2. The zero-order chi connectivity index (χ0) is 17.8. The molecule has 2 aromatic rings. The fraction of sp³-hybridized carbons (Fsp3) is 0.0588. The molecule has 0 aliphatic heterocycles. The number of aromatic amines is 1. The van der Waals surface area contributed by atoms with Gasteiger partial charge in [-0.2, -0.15) is 0 Å². The van der Waals surface area contributed by atoms with Crippen molar-refractivity contribution in [3.8, 4) is 17.7 Å². The molecule has 25 heavy (non-hydrogen) atoms. The number of nitrogens with zero attached hydrogens (tertiary/aromatic N) is 2. The molecule has 0 atom stereocenters. The number of carboxylic acids is 1. The Morgan fingerprint density at radius 3 is 2.68 bits per heavy atom. The quantitative estimate of drug-likeness (QED) is 0.827. The van der Waals surface area contributed by atoms with Gasteiger partial charge in [0.25, 0.3) is 5.88 Å². The van der Waals surface area contributed by atoms with Gasteiger partial charge in [0.15, 0.2) is 5.78 Å². The number of rotatable bonds is 3. The fourth-order valence-corrected chi connectivity index (χ4v) is 1.99. The molecule has 0 saturated heterocycles. The molecule has 3 rings (SSSR count). The van der Waals surface area contributed by atoms with Gasteiger partial charge in [-0.15, -0.1) is 0 Å². The second-order valence-corrected chi connectivity index (χ2v) is 4.97. The average molecular weight is 339 g/mol. The van der Waals surface area contributed by atoms with Gasteiger partial charge in [0.2, 0.25) is 5.69 Å². The van der Waals surface area contributed by atoms with Crippen LogP contribution in [0, 0.1) is 17.7 Å². The number of H-pyrrole nitrogens is 1. The first-order valence-corrected chi connectivity index (χ1v) is 7.07. The monoisotopic (exact) mass is 339 g/mol. The van der Waals surface area contributed by atoms with E-state index in [0.29, 0.717) is 5.56 Å². The summed E-state index contributed by atoms with van der Waals surface area (Å²) in [5.41, 5.74) is 0.546. The van der Waals surface area contributed by atoms with Gasteiger partial charge in [-0.3, -0.25) is 4.79 Å². The van der Waals surface area contributed by atoms with E-state index in [1.165, 1.54) is 36.4 Å². The lowest BCUT2D eigenvalue weighted by atomic mass is 10.0. The largest absolute Gasteiger partial charge is 0.476 e. The van der Waals surface area contributed by atoms with E-state index < -0.39 is 5.97 Å². The molecule has 1 aromatic carbocycles. The van der Waals surface area contributed by atoms with Crippen molar-refractivity contribution in [1.29, 1.82) is 0 Å². The summed E-state index contributed by atoms with van der Waals surface area (Å²) >= 11 is 0. The summed E-state index contributed by atoms with van der Waals surface area (Å²) in [4.78, 5) is 23.1. The van der Waals surface area contributed by atoms with Crippen LogP contribution < -0.4 is 4.74 Å². The molecule has 0 unspecified atom stereocenters. The highest BCUT2D eigenvalue weighted by Crippen LogP contribution is 2.20.